The molecule has 0 bridgehead atoms. The minimum atomic E-state index is 0.100. The second-order valence-corrected chi connectivity index (χ2v) is 16.1. The molecule has 310 valence electrons. The Balaban J connectivity index is 1.06. The fourth-order valence-corrected chi connectivity index (χ4v) is 8.18. The molecule has 7 aromatic carbocycles. The summed E-state index contributed by atoms with van der Waals surface area (Å²) in [6.07, 6.45) is 12.6. The topological polar surface area (TPSA) is 64.2 Å². The van der Waals surface area contributed by atoms with Crippen molar-refractivity contribution in [3.05, 3.63) is 247 Å². The molecule has 4 heteroatoms. The van der Waals surface area contributed by atoms with E-state index in [1.807, 2.05) is 36.4 Å². The van der Waals surface area contributed by atoms with Crippen molar-refractivity contribution < 1.29 is 0 Å². The van der Waals surface area contributed by atoms with E-state index in [4.69, 9.17) is 20.7 Å². The van der Waals surface area contributed by atoms with Crippen LogP contribution < -0.4 is 5.73 Å². The maximum absolute atomic E-state index is 6.91. The van der Waals surface area contributed by atoms with Crippen molar-refractivity contribution in [3.63, 3.8) is 0 Å². The standard InChI is InChI=1S/C60H50N4/c1-3-4-5-6-10-25-51-41-57(63-59-54(51)36-34-48-35-37-55(62-58(48)59)46-21-13-8-14-22-46)52-28-17-26-49(39-52)50-27-18-29-53(40-50)60(61)64-56(47-23-15-9-16-24-47)38-42(2)43-30-32-45(33-31-43)44-19-11-7-12-20-44/h4-24,26-42H,3,25H2,1-2H3,(H2,61,64)/b5-4-,10-6-,56-38-. The quantitative estimate of drug-likeness (QED) is 0.0545. The number of amidine groups is 1. The number of aliphatic imine (C=N–C) groups is 1. The summed E-state index contributed by atoms with van der Waals surface area (Å²) < 4.78 is 0. The van der Waals surface area contributed by atoms with Crippen LogP contribution in [-0.4, -0.2) is 15.8 Å². The number of rotatable bonds is 13. The lowest BCUT2D eigenvalue weighted by atomic mass is 9.95. The molecule has 0 aliphatic heterocycles. The number of benzene rings is 7. The van der Waals surface area contributed by atoms with Crippen molar-refractivity contribution in [1.82, 2.24) is 9.97 Å². The second kappa shape index (κ2) is 19.4. The Morgan fingerprint density at radius 3 is 1.88 bits per heavy atom. The maximum Gasteiger partial charge on any atom is 0.131 e. The van der Waals surface area contributed by atoms with E-state index in [-0.39, 0.29) is 5.92 Å². The smallest absolute Gasteiger partial charge is 0.131 e. The zero-order valence-electron chi connectivity index (χ0n) is 36.3. The van der Waals surface area contributed by atoms with Crippen molar-refractivity contribution >= 4 is 33.3 Å². The van der Waals surface area contributed by atoms with Gasteiger partial charge in [-0.2, -0.15) is 0 Å². The molecule has 0 aliphatic rings. The van der Waals surface area contributed by atoms with Crippen molar-refractivity contribution in [3.8, 4) is 44.8 Å². The molecule has 9 aromatic rings. The first-order chi connectivity index (χ1) is 31.5. The number of hydrogen-bond acceptors (Lipinski definition) is 3. The molecule has 0 amide bonds. The van der Waals surface area contributed by atoms with Gasteiger partial charge in [0.2, 0.25) is 0 Å². The van der Waals surface area contributed by atoms with Gasteiger partial charge in [0.1, 0.15) is 5.84 Å². The van der Waals surface area contributed by atoms with Gasteiger partial charge in [0.15, 0.2) is 0 Å². The molecule has 0 radical (unpaired) electrons. The summed E-state index contributed by atoms with van der Waals surface area (Å²) in [5.74, 6) is 0.556. The van der Waals surface area contributed by atoms with Crippen LogP contribution in [0.5, 0.6) is 0 Å². The maximum atomic E-state index is 6.91. The lowest BCUT2D eigenvalue weighted by Crippen LogP contribution is -2.13. The highest BCUT2D eigenvalue weighted by atomic mass is 14.9. The van der Waals surface area contributed by atoms with Crippen LogP contribution in [-0.2, 0) is 6.42 Å². The molecule has 9 rings (SSSR count). The van der Waals surface area contributed by atoms with E-state index in [2.05, 4.69) is 202 Å². The van der Waals surface area contributed by atoms with Crippen LogP contribution in [0, 0.1) is 0 Å². The minimum Gasteiger partial charge on any atom is -0.383 e. The first-order valence-electron chi connectivity index (χ1n) is 22.1. The highest BCUT2D eigenvalue weighted by molar-refractivity contribution is 6.06. The normalized spacial score (nSPS) is 12.7. The molecule has 2 N–H and O–H groups in total. The lowest BCUT2D eigenvalue weighted by molar-refractivity contribution is 0.967. The Bertz CT molecular complexity index is 3160. The summed E-state index contributed by atoms with van der Waals surface area (Å²) >= 11 is 0. The molecule has 0 aliphatic carbocycles. The number of allylic oxidation sites excluding steroid dienone is 5. The molecule has 4 nitrogen and oxygen atoms in total. The highest BCUT2D eigenvalue weighted by Crippen LogP contribution is 2.34. The number of nitrogens with two attached hydrogens (primary N) is 1. The summed E-state index contributed by atoms with van der Waals surface area (Å²) in [5.41, 5.74) is 22.3. The fourth-order valence-electron chi connectivity index (χ4n) is 8.18. The second-order valence-electron chi connectivity index (χ2n) is 16.1. The summed E-state index contributed by atoms with van der Waals surface area (Å²) in [7, 11) is 0. The Morgan fingerprint density at radius 1 is 0.531 bits per heavy atom. The van der Waals surface area contributed by atoms with Gasteiger partial charge >= 0.3 is 0 Å². The summed E-state index contributed by atoms with van der Waals surface area (Å²) in [6.45, 7) is 4.35. The number of fused-ring (bicyclic) bond motifs is 3. The van der Waals surface area contributed by atoms with Gasteiger partial charge in [0.25, 0.3) is 0 Å². The Labute approximate surface area is 376 Å². The minimum absolute atomic E-state index is 0.100. The van der Waals surface area contributed by atoms with Crippen molar-refractivity contribution in [2.45, 2.75) is 32.6 Å². The first kappa shape index (κ1) is 41.4. The van der Waals surface area contributed by atoms with Crippen molar-refractivity contribution in [2.24, 2.45) is 10.7 Å². The van der Waals surface area contributed by atoms with Gasteiger partial charge in [-0.25, -0.2) is 15.0 Å². The predicted molar refractivity (Wildman–Crippen MR) is 271 cm³/mol. The van der Waals surface area contributed by atoms with Gasteiger partial charge < -0.3 is 5.73 Å². The average molecular weight is 827 g/mol. The van der Waals surface area contributed by atoms with Crippen LogP contribution in [0.25, 0.3) is 72.3 Å². The van der Waals surface area contributed by atoms with Gasteiger partial charge in [0.05, 0.1) is 28.1 Å². The molecular weight excluding hydrogens is 777 g/mol. The molecule has 0 fully saturated rings. The van der Waals surface area contributed by atoms with Crippen LogP contribution in [0.2, 0.25) is 0 Å². The SMILES string of the molecule is CC/C=C\C=C/Cc1cc(-c2cccc(-c3cccc(/C(N)=N/C(=C\C(C)c4ccc(-c5ccccc5)cc4)c4ccccc4)c3)c2)nc2c1ccc1ccc(-c3ccccc3)nc12. The van der Waals surface area contributed by atoms with Crippen LogP contribution in [0.1, 0.15) is 48.4 Å². The van der Waals surface area contributed by atoms with Crippen LogP contribution in [0.15, 0.2) is 229 Å². The van der Waals surface area contributed by atoms with E-state index in [0.29, 0.717) is 5.84 Å². The first-order valence-corrected chi connectivity index (χ1v) is 22.1. The number of hydrogen-bond donors (Lipinski definition) is 1. The number of aromatic nitrogens is 2. The Kier molecular flexibility index (Phi) is 12.6. The number of nitrogens with zero attached hydrogens (tertiary/aromatic N) is 3. The van der Waals surface area contributed by atoms with E-state index in [1.165, 1.54) is 22.3 Å². The summed E-state index contributed by atoms with van der Waals surface area (Å²) in [4.78, 5) is 15.7. The van der Waals surface area contributed by atoms with Gasteiger partial charge in [-0.05, 0) is 76.1 Å². The summed E-state index contributed by atoms with van der Waals surface area (Å²) in [6, 6.07) is 67.7. The van der Waals surface area contributed by atoms with E-state index < -0.39 is 0 Å². The molecule has 0 saturated heterocycles. The summed E-state index contributed by atoms with van der Waals surface area (Å²) in [5, 5.41) is 2.17. The van der Waals surface area contributed by atoms with Crippen molar-refractivity contribution in [2.75, 3.05) is 0 Å². The van der Waals surface area contributed by atoms with Crippen LogP contribution in [0.4, 0.5) is 0 Å². The van der Waals surface area contributed by atoms with E-state index in [1.54, 1.807) is 0 Å². The zero-order chi connectivity index (χ0) is 43.7. The third-order valence-corrected chi connectivity index (χ3v) is 11.7. The highest BCUT2D eigenvalue weighted by Gasteiger charge is 2.14. The number of pyridine rings is 2. The van der Waals surface area contributed by atoms with Crippen LogP contribution in [0.3, 0.4) is 0 Å². The monoisotopic (exact) mass is 826 g/mol. The largest absolute Gasteiger partial charge is 0.383 e. The Morgan fingerprint density at radius 2 is 1.12 bits per heavy atom. The van der Waals surface area contributed by atoms with Gasteiger partial charge in [0, 0.05) is 33.4 Å². The van der Waals surface area contributed by atoms with Crippen molar-refractivity contribution in [1.29, 1.82) is 0 Å². The molecule has 1 atom stereocenters. The molecule has 64 heavy (non-hydrogen) atoms. The lowest BCUT2D eigenvalue weighted by Gasteiger charge is -2.13. The molecule has 0 spiro atoms. The van der Waals surface area contributed by atoms with Gasteiger partial charge in [-0.3, -0.25) is 0 Å². The molecule has 0 saturated carbocycles. The fraction of sp³-hybridized carbons (Fsp3) is 0.0833. The molecule has 2 aromatic heterocycles. The molecular formula is C60H50N4. The third-order valence-electron chi connectivity index (χ3n) is 11.7. The van der Waals surface area contributed by atoms with E-state index in [0.717, 1.165) is 85.1 Å². The third kappa shape index (κ3) is 9.42. The molecule has 2 heterocycles. The van der Waals surface area contributed by atoms with Gasteiger partial charge in [-0.1, -0.05) is 214 Å². The predicted octanol–water partition coefficient (Wildman–Crippen LogP) is 15.1. The van der Waals surface area contributed by atoms with E-state index >= 15 is 0 Å². The zero-order valence-corrected chi connectivity index (χ0v) is 36.3. The molecule has 1 unspecified atom stereocenters. The Hall–Kier alpha value is -7.95. The van der Waals surface area contributed by atoms with Gasteiger partial charge in [-0.15, -0.1) is 0 Å². The average Bonchev–Trinajstić information content (AvgIpc) is 3.36. The van der Waals surface area contributed by atoms with Crippen LogP contribution >= 0.6 is 0 Å². The van der Waals surface area contributed by atoms with E-state index in [9.17, 15) is 0 Å².